The number of ether oxygens (including phenoxy) is 5. The average Bonchev–Trinajstić information content (AvgIpc) is 3.16. The number of carbonyl (C=O) groups excluding carboxylic acids is 4. The van der Waals surface area contributed by atoms with Gasteiger partial charge in [-0.3, -0.25) is 0 Å². The molecule has 1 saturated carbocycles. The highest BCUT2D eigenvalue weighted by Crippen LogP contribution is 2.46. The van der Waals surface area contributed by atoms with Gasteiger partial charge in [0.25, 0.3) is 0 Å². The maximum atomic E-state index is 12.5. The molecule has 1 rings (SSSR count). The number of carbonyl (C=O) groups is 4. The number of rotatable bonds is 31. The topological polar surface area (TPSA) is 166 Å². The highest BCUT2D eigenvalue weighted by atomic mass is 28.4. The highest BCUT2D eigenvalue weighted by Gasteiger charge is 2.42. The van der Waals surface area contributed by atoms with E-state index in [1.165, 1.54) is 24.9 Å². The molecule has 404 valence electrons. The van der Waals surface area contributed by atoms with Gasteiger partial charge < -0.3 is 46.7 Å². The minimum absolute atomic E-state index is 0.0315. The van der Waals surface area contributed by atoms with E-state index < -0.39 is 68.1 Å². The maximum Gasteiger partial charge on any atom is 0.407 e. The summed E-state index contributed by atoms with van der Waals surface area (Å²) in [6.07, 6.45) is 5.62. The summed E-state index contributed by atoms with van der Waals surface area (Å²) in [5.74, 6) is -0.814. The average molecular weight is 1080 g/mol. The van der Waals surface area contributed by atoms with Gasteiger partial charge in [0.05, 0.1) is 13.2 Å². The van der Waals surface area contributed by atoms with Crippen LogP contribution < -0.4 is 10.6 Å². The monoisotopic (exact) mass is 1080 g/mol. The van der Waals surface area contributed by atoms with Gasteiger partial charge >= 0.3 is 24.1 Å². The van der Waals surface area contributed by atoms with Crippen molar-refractivity contribution in [1.29, 1.82) is 0 Å². The molecule has 1 fully saturated rings. The lowest BCUT2D eigenvalue weighted by Gasteiger charge is -2.46. The smallest absolute Gasteiger partial charge is 0.407 e. The largest absolute Gasteiger partial charge is 0.462 e. The standard InChI is InChI=1S/C31H60N2O8Si2.C18H42O4Si4/c1-11-12-19-42(7,8)41-43(9,10)20-13-14-37-15-16-40-29(36)33-26-21-30(4,5)23-31(6,22-26)24-32-28(35)39-18-17-38-27(34)25(2)3;1-17(2)18(19)20-13-12-14-24(6,7)22-26(10,11)16-15-25(8,9)21-23(3,4)5/h26H,2,11-24H2,1,3-10H3,(H,32,35)(H,33,36);1,12-16H2,2-11H3. The Labute approximate surface area is 427 Å². The number of hydrogen-bond donors (Lipinski definition) is 2. The Bertz CT molecular complexity index is 1620. The molecule has 0 aliphatic heterocycles. The van der Waals surface area contributed by atoms with Crippen molar-refractivity contribution in [2.24, 2.45) is 10.8 Å². The molecule has 14 nitrogen and oxygen atoms in total. The molecule has 2 amide bonds. The first-order valence-electron chi connectivity index (χ1n) is 25.5. The van der Waals surface area contributed by atoms with Crippen LogP contribution in [0.15, 0.2) is 24.3 Å². The second-order valence-corrected chi connectivity index (χ2v) is 51.3. The van der Waals surface area contributed by atoms with E-state index in [9.17, 15) is 19.2 Å². The lowest BCUT2D eigenvalue weighted by Crippen LogP contribution is -2.50. The van der Waals surface area contributed by atoms with E-state index in [0.717, 1.165) is 43.8 Å². The van der Waals surface area contributed by atoms with Crippen LogP contribution in [0.4, 0.5) is 9.59 Å². The lowest BCUT2D eigenvalue weighted by atomic mass is 9.62. The highest BCUT2D eigenvalue weighted by molar-refractivity contribution is 6.88. The van der Waals surface area contributed by atoms with Gasteiger partial charge in [-0.2, -0.15) is 0 Å². The van der Waals surface area contributed by atoms with Gasteiger partial charge in [-0.1, -0.05) is 53.7 Å². The minimum atomic E-state index is -1.75. The normalized spacial score (nSPS) is 17.7. The van der Waals surface area contributed by atoms with Crippen LogP contribution in [0.1, 0.15) is 86.5 Å². The van der Waals surface area contributed by atoms with Crippen molar-refractivity contribution in [3.8, 4) is 0 Å². The molecule has 0 aromatic carbocycles. The first-order valence-corrected chi connectivity index (χ1v) is 44.5. The summed E-state index contributed by atoms with van der Waals surface area (Å²) in [5.41, 5.74) is 0.463. The van der Waals surface area contributed by atoms with Crippen LogP contribution in [0.5, 0.6) is 0 Å². The third kappa shape index (κ3) is 35.0. The van der Waals surface area contributed by atoms with Crippen molar-refractivity contribution in [3.63, 3.8) is 0 Å². The number of hydrogen-bond acceptors (Lipinski definition) is 12. The molecular weight excluding hydrogens is 977 g/mol. The van der Waals surface area contributed by atoms with Gasteiger partial charge in [-0.15, -0.1) is 0 Å². The Morgan fingerprint density at radius 1 is 0.536 bits per heavy atom. The molecule has 1 aliphatic carbocycles. The van der Waals surface area contributed by atoms with E-state index in [1.807, 2.05) is 0 Å². The Kier molecular flexibility index (Phi) is 29.5. The van der Waals surface area contributed by atoms with Crippen LogP contribution in [0.2, 0.25) is 115 Å². The molecule has 0 radical (unpaired) electrons. The van der Waals surface area contributed by atoms with Gasteiger partial charge in [-0.05, 0) is 172 Å². The molecule has 0 aromatic heterocycles. The number of unbranched alkanes of at least 4 members (excludes halogenated alkanes) is 1. The van der Waals surface area contributed by atoms with Gasteiger partial charge in [0.2, 0.25) is 0 Å². The van der Waals surface area contributed by atoms with Gasteiger partial charge in [0, 0.05) is 30.3 Å². The van der Waals surface area contributed by atoms with Crippen molar-refractivity contribution in [2.45, 2.75) is 208 Å². The van der Waals surface area contributed by atoms with Crippen molar-refractivity contribution in [1.82, 2.24) is 10.6 Å². The predicted molar refractivity (Wildman–Crippen MR) is 298 cm³/mol. The van der Waals surface area contributed by atoms with Crippen LogP contribution in [-0.2, 0) is 45.6 Å². The zero-order chi connectivity index (χ0) is 53.5. The summed E-state index contributed by atoms with van der Waals surface area (Å²) in [5, 5.41) is 5.83. The molecule has 2 unspecified atom stereocenters. The summed E-state index contributed by atoms with van der Waals surface area (Å²) in [6.45, 7) is 50.9. The first kappa shape index (κ1) is 67.1. The fourth-order valence-electron chi connectivity index (χ4n) is 9.27. The molecule has 0 aromatic rings. The van der Waals surface area contributed by atoms with E-state index in [0.29, 0.717) is 43.9 Å². The van der Waals surface area contributed by atoms with Crippen molar-refractivity contribution in [3.05, 3.63) is 24.3 Å². The van der Waals surface area contributed by atoms with Crippen molar-refractivity contribution >= 4 is 74.0 Å². The maximum absolute atomic E-state index is 12.5. The summed E-state index contributed by atoms with van der Waals surface area (Å²) >= 11 is 0. The number of esters is 2. The van der Waals surface area contributed by atoms with Crippen LogP contribution in [0.25, 0.3) is 0 Å². The number of amides is 2. The lowest BCUT2D eigenvalue weighted by molar-refractivity contribution is -0.140. The molecule has 69 heavy (non-hydrogen) atoms. The van der Waals surface area contributed by atoms with E-state index >= 15 is 0 Å². The zero-order valence-corrected chi connectivity index (χ0v) is 53.3. The predicted octanol–water partition coefficient (Wildman–Crippen LogP) is 12.8. The summed E-state index contributed by atoms with van der Waals surface area (Å²) in [6, 6.07) is 5.55. The molecule has 0 spiro atoms. The quantitative estimate of drug-likeness (QED) is 0.0222. The summed E-state index contributed by atoms with van der Waals surface area (Å²) in [4.78, 5) is 47.6. The fraction of sp³-hybridized carbons (Fsp3) is 0.837. The molecule has 20 heteroatoms. The fourth-order valence-corrected chi connectivity index (χ4v) is 37.9. The molecular formula is C49H102N2O12Si6. The van der Waals surface area contributed by atoms with Crippen LogP contribution in [0.3, 0.4) is 0 Å². The van der Waals surface area contributed by atoms with Gasteiger partial charge in [-0.25, -0.2) is 19.2 Å². The molecule has 0 bridgehead atoms. The minimum Gasteiger partial charge on any atom is -0.462 e. The van der Waals surface area contributed by atoms with Crippen LogP contribution in [0, 0.1) is 10.8 Å². The zero-order valence-electron chi connectivity index (χ0n) is 47.3. The molecule has 0 saturated heterocycles. The van der Waals surface area contributed by atoms with E-state index in [-0.39, 0.29) is 42.7 Å². The Morgan fingerprint density at radius 2 is 0.957 bits per heavy atom. The second kappa shape index (κ2) is 30.3. The Balaban J connectivity index is 0.00000152. The van der Waals surface area contributed by atoms with Gasteiger partial charge in [0.1, 0.15) is 19.8 Å². The SMILES string of the molecule is C=C(C)C(=O)OCCC[Si](C)(C)O[Si](C)(C)CC[Si](C)(C)O[Si](C)(C)C.C=C(C)C(=O)OCCOC(=O)NCC1(C)CC(NC(=O)OCCOCCC[Si](C)(C)O[Si](C)(C)CCCC)CC(C)(C)C1. The first-order chi connectivity index (χ1) is 31.3. The van der Waals surface area contributed by atoms with E-state index in [4.69, 9.17) is 36.0 Å². The molecule has 2 atom stereocenters. The third-order valence-electron chi connectivity index (χ3n) is 11.5. The molecule has 0 heterocycles. The van der Waals surface area contributed by atoms with Gasteiger partial charge in [0.15, 0.2) is 49.9 Å². The van der Waals surface area contributed by atoms with Crippen molar-refractivity contribution < 1.29 is 55.2 Å². The third-order valence-corrected chi connectivity index (χ3v) is 33.1. The Morgan fingerprint density at radius 3 is 1.45 bits per heavy atom. The van der Waals surface area contributed by atoms with Crippen LogP contribution >= 0.6 is 0 Å². The number of nitrogens with one attached hydrogen (secondary N) is 2. The van der Waals surface area contributed by atoms with E-state index in [2.05, 4.69) is 137 Å². The summed E-state index contributed by atoms with van der Waals surface area (Å²) in [7, 11) is -9.86. The molecule has 1 aliphatic rings. The van der Waals surface area contributed by atoms with Crippen LogP contribution in [-0.4, -0.2) is 126 Å². The molecule has 2 N–H and O–H groups in total. The van der Waals surface area contributed by atoms with Crippen molar-refractivity contribution in [2.75, 3.05) is 46.2 Å². The number of alkyl carbamates (subject to hydrolysis) is 2. The van der Waals surface area contributed by atoms with E-state index in [1.54, 1.807) is 13.8 Å². The second-order valence-electron chi connectivity index (χ2n) is 24.5. The Hall–Kier alpha value is -1.90. The summed E-state index contributed by atoms with van der Waals surface area (Å²) < 4.78 is 46.2.